The van der Waals surface area contributed by atoms with Crippen molar-refractivity contribution in [1.82, 2.24) is 0 Å². The van der Waals surface area contributed by atoms with Gasteiger partial charge in [-0.2, -0.15) is 0 Å². The van der Waals surface area contributed by atoms with E-state index < -0.39 is 34.8 Å². The van der Waals surface area contributed by atoms with Crippen LogP contribution in [0.2, 0.25) is 0 Å². The molecule has 0 radical (unpaired) electrons. The Morgan fingerprint density at radius 2 is 1.09 bits per heavy atom. The van der Waals surface area contributed by atoms with E-state index in [0.29, 0.717) is 16.7 Å². The van der Waals surface area contributed by atoms with Gasteiger partial charge in [-0.15, -0.1) is 0 Å². The molecule has 0 saturated carbocycles. The van der Waals surface area contributed by atoms with Crippen LogP contribution in [0.5, 0.6) is 5.75 Å². The molecule has 0 fully saturated rings. The van der Waals surface area contributed by atoms with Gasteiger partial charge in [-0.25, -0.2) is 26.9 Å². The first-order chi connectivity index (χ1) is 15.4. The number of nitrogens with zero attached hydrogens (tertiary/aromatic N) is 1. The van der Waals surface area contributed by atoms with Crippen molar-refractivity contribution in [3.63, 3.8) is 0 Å². The van der Waals surface area contributed by atoms with E-state index in [1.165, 1.54) is 6.07 Å². The molecule has 0 aliphatic rings. The number of halogens is 5. The number of aliphatic imine (C=N–C) groups is 1. The van der Waals surface area contributed by atoms with E-state index in [9.17, 15) is 27.1 Å². The maximum Gasteiger partial charge on any atom is 0.200 e. The van der Waals surface area contributed by atoms with Crippen molar-refractivity contribution in [2.75, 3.05) is 0 Å². The SMILES string of the molecule is Oc1c(C=Nc2c(F)c(F)c(F)c(F)c2F)cc(-c2ccccc2)cc1-c1ccccc1. The van der Waals surface area contributed by atoms with Crippen LogP contribution in [0.4, 0.5) is 27.6 Å². The summed E-state index contributed by atoms with van der Waals surface area (Å²) in [6, 6.07) is 21.2. The number of phenolic OH excluding ortho intramolecular Hbond substituents is 1. The molecule has 160 valence electrons. The molecule has 0 aliphatic carbocycles. The first-order valence-electron chi connectivity index (χ1n) is 9.42. The maximum absolute atomic E-state index is 14.0. The van der Waals surface area contributed by atoms with Gasteiger partial charge in [0.1, 0.15) is 11.4 Å². The average molecular weight is 439 g/mol. The number of rotatable bonds is 4. The van der Waals surface area contributed by atoms with Gasteiger partial charge >= 0.3 is 0 Å². The molecule has 0 heterocycles. The normalized spacial score (nSPS) is 11.3. The Labute approximate surface area is 179 Å². The van der Waals surface area contributed by atoms with Crippen molar-refractivity contribution in [3.8, 4) is 28.0 Å². The summed E-state index contributed by atoms with van der Waals surface area (Å²) in [6.45, 7) is 0. The first-order valence-corrected chi connectivity index (χ1v) is 9.42. The zero-order chi connectivity index (χ0) is 22.8. The molecule has 0 saturated heterocycles. The van der Waals surface area contributed by atoms with Gasteiger partial charge in [-0.3, -0.25) is 0 Å². The molecule has 4 rings (SSSR count). The highest BCUT2D eigenvalue weighted by Crippen LogP contribution is 2.37. The van der Waals surface area contributed by atoms with Gasteiger partial charge in [0.2, 0.25) is 5.82 Å². The second-order valence-corrected chi connectivity index (χ2v) is 6.87. The molecule has 0 aromatic heterocycles. The average Bonchev–Trinajstić information content (AvgIpc) is 2.83. The molecule has 0 spiro atoms. The summed E-state index contributed by atoms with van der Waals surface area (Å²) in [5, 5.41) is 10.8. The Bertz CT molecular complexity index is 1290. The lowest BCUT2D eigenvalue weighted by molar-refractivity contribution is 0.381. The molecule has 4 aromatic carbocycles. The molecule has 0 aliphatic heterocycles. The van der Waals surface area contributed by atoms with Crippen molar-refractivity contribution in [2.24, 2.45) is 4.99 Å². The molecule has 32 heavy (non-hydrogen) atoms. The minimum Gasteiger partial charge on any atom is -0.507 e. The lowest BCUT2D eigenvalue weighted by Crippen LogP contribution is -2.01. The van der Waals surface area contributed by atoms with Crippen molar-refractivity contribution in [3.05, 3.63) is 107 Å². The van der Waals surface area contributed by atoms with E-state index >= 15 is 0 Å². The van der Waals surface area contributed by atoms with Crippen molar-refractivity contribution in [2.45, 2.75) is 0 Å². The second-order valence-electron chi connectivity index (χ2n) is 6.87. The maximum atomic E-state index is 14.0. The minimum atomic E-state index is -2.26. The molecule has 2 nitrogen and oxygen atoms in total. The Hall–Kier alpha value is -4.00. The van der Waals surface area contributed by atoms with E-state index in [4.69, 9.17) is 0 Å². The fourth-order valence-corrected chi connectivity index (χ4v) is 3.23. The van der Waals surface area contributed by atoms with Gasteiger partial charge < -0.3 is 5.11 Å². The molecule has 7 heteroatoms. The first kappa shape index (κ1) is 21.2. The van der Waals surface area contributed by atoms with Gasteiger partial charge in [0.15, 0.2) is 23.3 Å². The zero-order valence-electron chi connectivity index (χ0n) is 16.3. The third kappa shape index (κ3) is 3.85. The molecule has 4 aromatic rings. The number of phenols is 1. The smallest absolute Gasteiger partial charge is 0.200 e. The highest BCUT2D eigenvalue weighted by atomic mass is 19.2. The summed E-state index contributed by atoms with van der Waals surface area (Å²) in [5.41, 5.74) is 1.21. The fourth-order valence-electron chi connectivity index (χ4n) is 3.23. The molecular formula is C25H14F5NO. The van der Waals surface area contributed by atoms with Gasteiger partial charge in [-0.1, -0.05) is 60.7 Å². The third-order valence-electron chi connectivity index (χ3n) is 4.85. The lowest BCUT2D eigenvalue weighted by Gasteiger charge is -2.12. The Morgan fingerprint density at radius 1 is 0.594 bits per heavy atom. The number of aromatic hydroxyl groups is 1. The quantitative estimate of drug-likeness (QED) is 0.155. The van der Waals surface area contributed by atoms with Crippen molar-refractivity contribution >= 4 is 11.9 Å². The van der Waals surface area contributed by atoms with Crippen molar-refractivity contribution < 1.29 is 27.1 Å². The standard InChI is InChI=1S/C25H14F5NO/c26-19-20(27)22(29)24(23(30)21(19)28)31-13-17-11-16(14-7-3-1-4-8-14)12-18(25(17)32)15-9-5-2-6-10-15/h1-13,32H. The summed E-state index contributed by atoms with van der Waals surface area (Å²) < 4.78 is 68.3. The zero-order valence-corrected chi connectivity index (χ0v) is 16.3. The fraction of sp³-hybridized carbons (Fsp3) is 0. The molecule has 0 atom stereocenters. The Balaban J connectivity index is 1.90. The minimum absolute atomic E-state index is 0.0362. The van der Waals surface area contributed by atoms with E-state index in [0.717, 1.165) is 11.8 Å². The van der Waals surface area contributed by atoms with Crippen molar-refractivity contribution in [1.29, 1.82) is 0 Å². The highest BCUT2D eigenvalue weighted by molar-refractivity contribution is 5.93. The van der Waals surface area contributed by atoms with E-state index in [2.05, 4.69) is 4.99 Å². The molecular weight excluding hydrogens is 425 g/mol. The highest BCUT2D eigenvalue weighted by Gasteiger charge is 2.25. The van der Waals surface area contributed by atoms with Crippen LogP contribution < -0.4 is 0 Å². The van der Waals surface area contributed by atoms with Crippen LogP contribution in [0.3, 0.4) is 0 Å². The van der Waals surface area contributed by atoms with Gasteiger partial charge in [-0.05, 0) is 28.8 Å². The number of hydrogen-bond acceptors (Lipinski definition) is 2. The summed E-state index contributed by atoms with van der Waals surface area (Å²) in [6.07, 6.45) is 0.868. The largest absolute Gasteiger partial charge is 0.507 e. The Kier molecular flexibility index (Phi) is 5.73. The number of hydrogen-bond donors (Lipinski definition) is 1. The van der Waals surface area contributed by atoms with Gasteiger partial charge in [0.05, 0.1) is 0 Å². The Morgan fingerprint density at radius 3 is 1.66 bits per heavy atom. The lowest BCUT2D eigenvalue weighted by atomic mass is 9.95. The van der Waals surface area contributed by atoms with Crippen LogP contribution in [-0.2, 0) is 0 Å². The van der Waals surface area contributed by atoms with Crippen LogP contribution in [0.15, 0.2) is 77.8 Å². The topological polar surface area (TPSA) is 32.6 Å². The van der Waals surface area contributed by atoms with Gasteiger partial charge in [0, 0.05) is 17.3 Å². The summed E-state index contributed by atoms with van der Waals surface area (Å²) >= 11 is 0. The molecule has 1 N–H and O–H groups in total. The summed E-state index contributed by atoms with van der Waals surface area (Å²) in [5.74, 6) is -10.8. The predicted octanol–water partition coefficient (Wildman–Crippen LogP) is 7.17. The van der Waals surface area contributed by atoms with Crippen LogP contribution in [0, 0.1) is 29.1 Å². The summed E-state index contributed by atoms with van der Waals surface area (Å²) in [7, 11) is 0. The summed E-state index contributed by atoms with van der Waals surface area (Å²) in [4.78, 5) is 3.49. The number of benzene rings is 4. The predicted molar refractivity (Wildman–Crippen MR) is 112 cm³/mol. The molecule has 0 bridgehead atoms. The second kappa shape index (κ2) is 8.63. The third-order valence-corrected chi connectivity index (χ3v) is 4.85. The van der Waals surface area contributed by atoms with Crippen LogP contribution >= 0.6 is 0 Å². The van der Waals surface area contributed by atoms with Gasteiger partial charge in [0.25, 0.3) is 0 Å². The monoisotopic (exact) mass is 439 g/mol. The van der Waals surface area contributed by atoms with Crippen LogP contribution in [-0.4, -0.2) is 11.3 Å². The van der Waals surface area contributed by atoms with E-state index in [-0.39, 0.29) is 11.3 Å². The van der Waals surface area contributed by atoms with Crippen LogP contribution in [0.25, 0.3) is 22.3 Å². The van der Waals surface area contributed by atoms with E-state index in [1.807, 2.05) is 30.3 Å². The molecule has 0 unspecified atom stereocenters. The molecule has 0 amide bonds. The van der Waals surface area contributed by atoms with E-state index in [1.54, 1.807) is 36.4 Å². The van der Waals surface area contributed by atoms with Crippen LogP contribution in [0.1, 0.15) is 5.56 Å².